The van der Waals surface area contributed by atoms with Gasteiger partial charge in [-0.15, -0.1) is 0 Å². The van der Waals surface area contributed by atoms with Crippen LogP contribution in [-0.4, -0.2) is 31.9 Å². The maximum absolute atomic E-state index is 12.4. The first-order chi connectivity index (χ1) is 8.52. The monoisotopic (exact) mass is 245 g/mol. The zero-order valence-corrected chi connectivity index (χ0v) is 11.4. The number of allylic oxidation sites excluding steroid dienone is 1. The molecule has 0 N–H and O–H groups in total. The van der Waals surface area contributed by atoms with Gasteiger partial charge in [0, 0.05) is 31.4 Å². The molecule has 0 saturated carbocycles. The lowest BCUT2D eigenvalue weighted by Crippen LogP contribution is -2.19. The minimum absolute atomic E-state index is 0.121. The second kappa shape index (κ2) is 4.84. The molecule has 1 aliphatic carbocycles. The van der Waals surface area contributed by atoms with Crippen LogP contribution in [0.25, 0.3) is 0 Å². The number of hydrogen-bond acceptors (Lipinski definition) is 3. The zero-order valence-electron chi connectivity index (χ0n) is 11.4. The Morgan fingerprint density at radius 2 is 2.11 bits per heavy atom. The summed E-state index contributed by atoms with van der Waals surface area (Å²) in [5.41, 5.74) is 2.77. The van der Waals surface area contributed by atoms with Crippen LogP contribution in [0.3, 0.4) is 0 Å². The average Bonchev–Trinajstić information content (AvgIpc) is 2.34. The Hall–Kier alpha value is -1.77. The molecule has 1 aromatic rings. The van der Waals surface area contributed by atoms with E-state index in [0.717, 1.165) is 28.9 Å². The third-order valence-electron chi connectivity index (χ3n) is 3.27. The van der Waals surface area contributed by atoms with E-state index in [2.05, 4.69) is 6.92 Å². The van der Waals surface area contributed by atoms with Crippen molar-refractivity contribution in [1.29, 1.82) is 0 Å². The van der Waals surface area contributed by atoms with Gasteiger partial charge in [-0.25, -0.2) is 0 Å². The van der Waals surface area contributed by atoms with E-state index >= 15 is 0 Å². The number of carbonyl (C=O) groups excluding carboxylic acids is 1. The lowest BCUT2D eigenvalue weighted by atomic mass is 9.80. The van der Waals surface area contributed by atoms with Crippen LogP contribution in [0.4, 0.5) is 0 Å². The molecule has 96 valence electrons. The molecule has 3 heteroatoms. The Morgan fingerprint density at radius 3 is 2.72 bits per heavy atom. The van der Waals surface area contributed by atoms with Crippen LogP contribution in [0, 0.1) is 0 Å². The van der Waals surface area contributed by atoms with E-state index in [0.29, 0.717) is 5.92 Å². The van der Waals surface area contributed by atoms with E-state index in [-0.39, 0.29) is 5.78 Å². The minimum atomic E-state index is 0.121. The van der Waals surface area contributed by atoms with Gasteiger partial charge >= 0.3 is 0 Å². The van der Waals surface area contributed by atoms with Crippen molar-refractivity contribution < 1.29 is 9.53 Å². The van der Waals surface area contributed by atoms with Gasteiger partial charge < -0.3 is 9.64 Å². The highest BCUT2D eigenvalue weighted by atomic mass is 16.5. The number of ether oxygens (including phenoxy) is 1. The molecule has 0 amide bonds. The third-order valence-corrected chi connectivity index (χ3v) is 3.27. The summed E-state index contributed by atoms with van der Waals surface area (Å²) in [5.74, 6) is 1.23. The molecule has 1 aliphatic rings. The van der Waals surface area contributed by atoms with E-state index in [9.17, 15) is 4.79 Å². The van der Waals surface area contributed by atoms with Gasteiger partial charge in [0.05, 0.1) is 7.11 Å². The second-order valence-electron chi connectivity index (χ2n) is 5.01. The molecule has 1 atom stereocenters. The molecule has 18 heavy (non-hydrogen) atoms. The molecule has 1 aromatic carbocycles. The number of carbonyl (C=O) groups is 1. The highest BCUT2D eigenvalue weighted by Gasteiger charge is 2.27. The van der Waals surface area contributed by atoms with Crippen molar-refractivity contribution >= 4 is 5.78 Å². The molecular formula is C15H19NO2. The van der Waals surface area contributed by atoms with E-state index in [1.807, 2.05) is 43.4 Å². The number of rotatable bonds is 2. The molecule has 0 saturated heterocycles. The third kappa shape index (κ3) is 2.26. The van der Waals surface area contributed by atoms with Crippen LogP contribution in [0.1, 0.15) is 35.2 Å². The Bertz CT molecular complexity index is 503. The Kier molecular flexibility index (Phi) is 3.41. The maximum Gasteiger partial charge on any atom is 0.190 e. The Labute approximate surface area is 108 Å². The first kappa shape index (κ1) is 12.7. The molecule has 0 heterocycles. The largest absolute Gasteiger partial charge is 0.497 e. The smallest absolute Gasteiger partial charge is 0.190 e. The standard InChI is InChI=1S/C15H19NO2/c1-10-7-11(9-16(2)3)15(17)14-8-12(18-4)5-6-13(10)14/h5-6,8-10H,7H2,1-4H3/b11-9-. The summed E-state index contributed by atoms with van der Waals surface area (Å²) < 4.78 is 5.20. The van der Waals surface area contributed by atoms with Gasteiger partial charge in [-0.05, 0) is 30.0 Å². The molecule has 0 fully saturated rings. The number of methoxy groups -OCH3 is 1. The molecule has 0 spiro atoms. The summed E-state index contributed by atoms with van der Waals surface area (Å²) >= 11 is 0. The average molecular weight is 245 g/mol. The molecule has 0 aliphatic heterocycles. The normalized spacial score (nSPS) is 20.8. The topological polar surface area (TPSA) is 29.5 Å². The molecule has 0 aromatic heterocycles. The summed E-state index contributed by atoms with van der Waals surface area (Å²) in [5, 5.41) is 0. The molecule has 0 bridgehead atoms. The minimum Gasteiger partial charge on any atom is -0.497 e. The van der Waals surface area contributed by atoms with Gasteiger partial charge in [-0.3, -0.25) is 4.79 Å². The molecule has 2 rings (SSSR count). The summed E-state index contributed by atoms with van der Waals surface area (Å²) in [7, 11) is 5.49. The maximum atomic E-state index is 12.4. The van der Waals surface area contributed by atoms with Crippen molar-refractivity contribution in [3.8, 4) is 5.75 Å². The number of hydrogen-bond donors (Lipinski definition) is 0. The molecule has 0 radical (unpaired) electrons. The van der Waals surface area contributed by atoms with Crippen LogP contribution in [0.5, 0.6) is 5.75 Å². The number of benzene rings is 1. The van der Waals surface area contributed by atoms with Crippen molar-refractivity contribution in [1.82, 2.24) is 4.90 Å². The summed E-state index contributed by atoms with van der Waals surface area (Å²) in [4.78, 5) is 14.3. The predicted octanol–water partition coefficient (Wildman–Crippen LogP) is 2.83. The van der Waals surface area contributed by atoms with Gasteiger partial charge in [0.1, 0.15) is 5.75 Å². The lowest BCUT2D eigenvalue weighted by molar-refractivity contribution is 0.102. The van der Waals surface area contributed by atoms with E-state index in [1.165, 1.54) is 0 Å². The Morgan fingerprint density at radius 1 is 1.39 bits per heavy atom. The quantitative estimate of drug-likeness (QED) is 0.750. The van der Waals surface area contributed by atoms with Crippen LogP contribution >= 0.6 is 0 Å². The van der Waals surface area contributed by atoms with Gasteiger partial charge in [-0.2, -0.15) is 0 Å². The fourth-order valence-corrected chi connectivity index (χ4v) is 2.42. The number of fused-ring (bicyclic) bond motifs is 1. The molecular weight excluding hydrogens is 226 g/mol. The second-order valence-corrected chi connectivity index (χ2v) is 5.01. The molecule has 1 unspecified atom stereocenters. The van der Waals surface area contributed by atoms with Crippen molar-refractivity contribution in [2.24, 2.45) is 0 Å². The summed E-state index contributed by atoms with van der Waals surface area (Å²) in [6, 6.07) is 5.77. The van der Waals surface area contributed by atoms with Crippen LogP contribution < -0.4 is 4.74 Å². The van der Waals surface area contributed by atoms with Crippen molar-refractivity contribution in [2.75, 3.05) is 21.2 Å². The van der Waals surface area contributed by atoms with Gasteiger partial charge in [0.15, 0.2) is 5.78 Å². The fraction of sp³-hybridized carbons (Fsp3) is 0.400. The van der Waals surface area contributed by atoms with Crippen LogP contribution in [0.2, 0.25) is 0 Å². The number of Topliss-reactive ketones (excluding diaryl/α,β-unsaturated/α-hetero) is 1. The lowest BCUT2D eigenvalue weighted by Gasteiger charge is -2.25. The first-order valence-corrected chi connectivity index (χ1v) is 6.12. The van der Waals surface area contributed by atoms with Crippen LogP contribution in [0.15, 0.2) is 30.0 Å². The summed E-state index contributed by atoms with van der Waals surface area (Å²) in [6.45, 7) is 2.15. The van der Waals surface area contributed by atoms with Gasteiger partial charge in [0.25, 0.3) is 0 Å². The van der Waals surface area contributed by atoms with Crippen LogP contribution in [-0.2, 0) is 0 Å². The SMILES string of the molecule is COc1ccc2c(c1)C(=O)/C(=C\N(C)C)CC2C. The van der Waals surface area contributed by atoms with Gasteiger partial charge in [-0.1, -0.05) is 13.0 Å². The fourth-order valence-electron chi connectivity index (χ4n) is 2.42. The van der Waals surface area contributed by atoms with E-state index in [1.54, 1.807) is 7.11 Å². The highest BCUT2D eigenvalue weighted by Crippen LogP contribution is 2.35. The van der Waals surface area contributed by atoms with Crippen molar-refractivity contribution in [3.05, 3.63) is 41.1 Å². The number of nitrogens with zero attached hydrogens (tertiary/aromatic N) is 1. The Balaban J connectivity index is 2.48. The predicted molar refractivity (Wildman–Crippen MR) is 72.1 cm³/mol. The van der Waals surface area contributed by atoms with E-state index in [4.69, 9.17) is 4.74 Å². The highest BCUT2D eigenvalue weighted by molar-refractivity contribution is 6.11. The van der Waals surface area contributed by atoms with Crippen molar-refractivity contribution in [3.63, 3.8) is 0 Å². The summed E-state index contributed by atoms with van der Waals surface area (Å²) in [6.07, 6.45) is 2.72. The van der Waals surface area contributed by atoms with E-state index < -0.39 is 0 Å². The number of ketones is 1. The van der Waals surface area contributed by atoms with Crippen molar-refractivity contribution in [2.45, 2.75) is 19.3 Å². The zero-order chi connectivity index (χ0) is 13.3. The van der Waals surface area contributed by atoms with Gasteiger partial charge in [0.2, 0.25) is 0 Å². The first-order valence-electron chi connectivity index (χ1n) is 6.12. The molecule has 3 nitrogen and oxygen atoms in total.